The highest BCUT2D eigenvalue weighted by atomic mass is 35.5. The Bertz CT molecular complexity index is 686. The second-order valence-corrected chi connectivity index (χ2v) is 5.08. The van der Waals surface area contributed by atoms with Crippen LogP contribution >= 0.6 is 11.6 Å². The van der Waals surface area contributed by atoms with Crippen LogP contribution in [0.2, 0.25) is 5.02 Å². The first-order valence-corrected chi connectivity index (χ1v) is 6.68. The van der Waals surface area contributed by atoms with E-state index in [0.717, 1.165) is 24.3 Å². The van der Waals surface area contributed by atoms with Crippen molar-refractivity contribution in [2.24, 2.45) is 0 Å². The first-order chi connectivity index (χ1) is 9.63. The number of nitrogens with one attached hydrogen (secondary N) is 2. The predicted molar refractivity (Wildman–Crippen MR) is 79.7 cm³/mol. The minimum atomic E-state index is -0.252. The van der Waals surface area contributed by atoms with Gasteiger partial charge in [-0.05, 0) is 48.4 Å². The lowest BCUT2D eigenvalue weighted by molar-refractivity contribution is 0.102. The zero-order valence-electron chi connectivity index (χ0n) is 10.6. The van der Waals surface area contributed by atoms with Crippen LogP contribution in [0.15, 0.2) is 36.4 Å². The van der Waals surface area contributed by atoms with Crippen LogP contribution in [0.5, 0.6) is 5.75 Å². The maximum Gasteiger partial charge on any atom is 0.255 e. The first kappa shape index (κ1) is 12.8. The molecule has 0 saturated heterocycles. The highest BCUT2D eigenvalue weighted by Gasteiger charge is 2.12. The Labute approximate surface area is 121 Å². The molecule has 0 atom stereocenters. The smallest absolute Gasteiger partial charge is 0.255 e. The molecule has 0 radical (unpaired) electrons. The van der Waals surface area contributed by atoms with Crippen molar-refractivity contribution in [3.63, 3.8) is 0 Å². The van der Waals surface area contributed by atoms with Crippen molar-refractivity contribution in [2.45, 2.75) is 6.42 Å². The zero-order valence-corrected chi connectivity index (χ0v) is 11.4. The third kappa shape index (κ3) is 2.42. The number of hydrogen-bond acceptors (Lipinski definition) is 3. The summed E-state index contributed by atoms with van der Waals surface area (Å²) in [5, 5.41) is 15.6. The predicted octanol–water partition coefficient (Wildman–Crippen LogP) is 3.27. The number of fused-ring (bicyclic) bond motifs is 1. The molecule has 1 aliphatic rings. The summed E-state index contributed by atoms with van der Waals surface area (Å²) < 4.78 is 0. The molecule has 0 aliphatic carbocycles. The van der Waals surface area contributed by atoms with E-state index >= 15 is 0 Å². The topological polar surface area (TPSA) is 61.4 Å². The molecular weight excluding hydrogens is 276 g/mol. The number of amides is 1. The standard InChI is InChI=1S/C15H13ClN2O2/c16-12-8-10(1-4-14(12)19)15(20)18-11-2-3-13-9(7-11)5-6-17-13/h1-4,7-8,17,19H,5-6H2,(H,18,20). The van der Waals surface area contributed by atoms with Crippen molar-refractivity contribution in [3.05, 3.63) is 52.5 Å². The molecule has 2 aromatic rings. The van der Waals surface area contributed by atoms with Gasteiger partial charge in [0, 0.05) is 23.5 Å². The minimum absolute atomic E-state index is 0.0354. The molecule has 3 N–H and O–H groups in total. The molecule has 3 rings (SSSR count). The van der Waals surface area contributed by atoms with Crippen LogP contribution < -0.4 is 10.6 Å². The monoisotopic (exact) mass is 288 g/mol. The molecule has 0 saturated carbocycles. The van der Waals surface area contributed by atoms with E-state index in [1.165, 1.54) is 23.8 Å². The van der Waals surface area contributed by atoms with Crippen molar-refractivity contribution >= 4 is 28.9 Å². The van der Waals surface area contributed by atoms with E-state index in [0.29, 0.717) is 5.56 Å². The molecule has 1 aliphatic heterocycles. The summed E-state index contributed by atoms with van der Waals surface area (Å²) in [6.07, 6.45) is 0.962. The van der Waals surface area contributed by atoms with Crippen LogP contribution in [-0.4, -0.2) is 17.6 Å². The molecule has 0 unspecified atom stereocenters. The van der Waals surface area contributed by atoms with Crippen LogP contribution in [0.4, 0.5) is 11.4 Å². The molecule has 2 aromatic carbocycles. The first-order valence-electron chi connectivity index (χ1n) is 6.30. The Morgan fingerprint density at radius 2 is 2.10 bits per heavy atom. The van der Waals surface area contributed by atoms with Gasteiger partial charge in [0.2, 0.25) is 0 Å². The van der Waals surface area contributed by atoms with Crippen molar-refractivity contribution in [3.8, 4) is 5.75 Å². The zero-order chi connectivity index (χ0) is 14.1. The fourth-order valence-corrected chi connectivity index (χ4v) is 2.41. The number of phenolic OH excluding ortho intramolecular Hbond substituents is 1. The van der Waals surface area contributed by atoms with Crippen molar-refractivity contribution in [2.75, 3.05) is 17.2 Å². The van der Waals surface area contributed by atoms with Crippen molar-refractivity contribution < 1.29 is 9.90 Å². The van der Waals surface area contributed by atoms with Crippen LogP contribution in [0, 0.1) is 0 Å². The van der Waals surface area contributed by atoms with E-state index < -0.39 is 0 Å². The quantitative estimate of drug-likeness (QED) is 0.795. The summed E-state index contributed by atoms with van der Waals surface area (Å²) in [7, 11) is 0. The number of phenols is 1. The summed E-state index contributed by atoms with van der Waals surface area (Å²) in [5.41, 5.74) is 3.48. The molecule has 1 amide bonds. The van der Waals surface area contributed by atoms with Gasteiger partial charge >= 0.3 is 0 Å². The summed E-state index contributed by atoms with van der Waals surface area (Å²) in [5.74, 6) is -0.287. The van der Waals surface area contributed by atoms with Gasteiger partial charge in [-0.1, -0.05) is 11.6 Å². The average molecular weight is 289 g/mol. The number of anilines is 2. The molecule has 0 bridgehead atoms. The Hall–Kier alpha value is -2.20. The largest absolute Gasteiger partial charge is 0.506 e. The Balaban J connectivity index is 1.80. The number of rotatable bonds is 2. The fraction of sp³-hybridized carbons (Fsp3) is 0.133. The Morgan fingerprint density at radius 3 is 2.90 bits per heavy atom. The lowest BCUT2D eigenvalue weighted by Gasteiger charge is -2.08. The third-order valence-corrected chi connectivity index (χ3v) is 3.59. The van der Waals surface area contributed by atoms with E-state index in [4.69, 9.17) is 11.6 Å². The average Bonchev–Trinajstić information content (AvgIpc) is 2.89. The molecule has 5 heteroatoms. The van der Waals surface area contributed by atoms with E-state index in [2.05, 4.69) is 10.6 Å². The second-order valence-electron chi connectivity index (χ2n) is 4.67. The lowest BCUT2D eigenvalue weighted by atomic mass is 10.1. The molecule has 1 heterocycles. The molecule has 0 aromatic heterocycles. The molecule has 20 heavy (non-hydrogen) atoms. The van der Waals surface area contributed by atoms with Gasteiger partial charge in [0.05, 0.1) is 5.02 Å². The molecule has 0 fully saturated rings. The maximum atomic E-state index is 12.1. The fourth-order valence-electron chi connectivity index (χ4n) is 2.23. The van der Waals surface area contributed by atoms with E-state index in [1.807, 2.05) is 18.2 Å². The number of aromatic hydroxyl groups is 1. The number of carbonyl (C=O) groups is 1. The molecule has 0 spiro atoms. The molecule has 4 nitrogen and oxygen atoms in total. The van der Waals surface area contributed by atoms with E-state index in [1.54, 1.807) is 0 Å². The van der Waals surface area contributed by atoms with Crippen LogP contribution in [0.1, 0.15) is 15.9 Å². The SMILES string of the molecule is O=C(Nc1ccc2c(c1)CCN2)c1ccc(O)c(Cl)c1. The molecular formula is C15H13ClN2O2. The van der Waals surface area contributed by atoms with Gasteiger partial charge in [0.1, 0.15) is 5.75 Å². The lowest BCUT2D eigenvalue weighted by Crippen LogP contribution is -2.11. The summed E-state index contributed by atoms with van der Waals surface area (Å²) in [6.45, 7) is 0.931. The Morgan fingerprint density at radius 1 is 1.25 bits per heavy atom. The number of halogens is 1. The summed E-state index contributed by atoms with van der Waals surface area (Å²) in [6, 6.07) is 10.2. The van der Waals surface area contributed by atoms with Gasteiger partial charge in [0.25, 0.3) is 5.91 Å². The van der Waals surface area contributed by atoms with Gasteiger partial charge in [-0.25, -0.2) is 0 Å². The van der Waals surface area contributed by atoms with Crippen LogP contribution in [0.3, 0.4) is 0 Å². The number of carbonyl (C=O) groups excluding carboxylic acids is 1. The van der Waals surface area contributed by atoms with E-state index in [-0.39, 0.29) is 16.7 Å². The maximum absolute atomic E-state index is 12.1. The van der Waals surface area contributed by atoms with Gasteiger partial charge in [-0.3, -0.25) is 4.79 Å². The van der Waals surface area contributed by atoms with Crippen LogP contribution in [-0.2, 0) is 6.42 Å². The van der Waals surface area contributed by atoms with Gasteiger partial charge in [-0.15, -0.1) is 0 Å². The second kappa shape index (κ2) is 5.06. The van der Waals surface area contributed by atoms with Crippen molar-refractivity contribution in [1.29, 1.82) is 0 Å². The van der Waals surface area contributed by atoms with Crippen LogP contribution in [0.25, 0.3) is 0 Å². The van der Waals surface area contributed by atoms with Gasteiger partial charge < -0.3 is 15.7 Å². The van der Waals surface area contributed by atoms with Crippen molar-refractivity contribution in [1.82, 2.24) is 0 Å². The third-order valence-electron chi connectivity index (χ3n) is 3.28. The number of benzene rings is 2. The van der Waals surface area contributed by atoms with E-state index in [9.17, 15) is 9.90 Å². The highest BCUT2D eigenvalue weighted by molar-refractivity contribution is 6.32. The Kier molecular flexibility index (Phi) is 3.24. The minimum Gasteiger partial charge on any atom is -0.506 e. The van der Waals surface area contributed by atoms with Gasteiger partial charge in [0.15, 0.2) is 0 Å². The highest BCUT2D eigenvalue weighted by Crippen LogP contribution is 2.27. The molecule has 102 valence electrons. The summed E-state index contributed by atoms with van der Waals surface area (Å²) in [4.78, 5) is 12.1. The normalized spacial score (nSPS) is 12.7. The van der Waals surface area contributed by atoms with Gasteiger partial charge in [-0.2, -0.15) is 0 Å². The summed E-state index contributed by atoms with van der Waals surface area (Å²) >= 11 is 5.80. The number of hydrogen-bond donors (Lipinski definition) is 3.